The fourth-order valence-corrected chi connectivity index (χ4v) is 1.87. The molecule has 0 aliphatic heterocycles. The maximum atomic E-state index is 10.6. The molecule has 0 atom stereocenters. The van der Waals surface area contributed by atoms with Gasteiger partial charge in [0.2, 0.25) is 5.76 Å². The number of carboxylic acids is 1. The second-order valence-electron chi connectivity index (χ2n) is 2.94. The molecule has 2 aromatic rings. The Bertz CT molecular complexity index is 505. The predicted molar refractivity (Wildman–Crippen MR) is 55.3 cm³/mol. The molecule has 0 saturated heterocycles. The molecule has 6 nitrogen and oxygen atoms in total. The van der Waals surface area contributed by atoms with Crippen molar-refractivity contribution in [3.8, 4) is 11.4 Å². The van der Waals surface area contributed by atoms with E-state index in [1.54, 1.807) is 12.5 Å². The van der Waals surface area contributed by atoms with Gasteiger partial charge in [0.05, 0.1) is 6.61 Å². The Balaban J connectivity index is 2.24. The van der Waals surface area contributed by atoms with Gasteiger partial charge >= 0.3 is 5.97 Å². The Labute approximate surface area is 94.5 Å². The van der Waals surface area contributed by atoms with Crippen molar-refractivity contribution in [3.63, 3.8) is 0 Å². The van der Waals surface area contributed by atoms with E-state index in [4.69, 9.17) is 9.84 Å². The van der Waals surface area contributed by atoms with Gasteiger partial charge in [0.15, 0.2) is 0 Å². The van der Waals surface area contributed by atoms with Crippen molar-refractivity contribution in [2.75, 3.05) is 7.11 Å². The van der Waals surface area contributed by atoms with Crippen LogP contribution in [-0.4, -0.2) is 28.3 Å². The average Bonchev–Trinajstić information content (AvgIpc) is 2.84. The molecule has 7 heteroatoms. The number of carbonyl (C=O) groups is 1. The molecule has 84 valence electrons. The number of hydrogen-bond donors (Lipinski definition) is 1. The SMILES string of the molecule is COCc1nc(-c2cc(C(=O)O)on2)cs1. The van der Waals surface area contributed by atoms with E-state index in [9.17, 15) is 4.79 Å². The average molecular weight is 240 g/mol. The largest absolute Gasteiger partial charge is 0.475 e. The molecule has 2 heterocycles. The molecule has 0 bridgehead atoms. The van der Waals surface area contributed by atoms with Gasteiger partial charge in [-0.25, -0.2) is 9.78 Å². The highest BCUT2D eigenvalue weighted by atomic mass is 32.1. The maximum Gasteiger partial charge on any atom is 0.374 e. The number of ether oxygens (including phenoxy) is 1. The van der Waals surface area contributed by atoms with Crippen LogP contribution in [-0.2, 0) is 11.3 Å². The van der Waals surface area contributed by atoms with Gasteiger partial charge in [0.1, 0.15) is 16.4 Å². The van der Waals surface area contributed by atoms with Crippen LogP contribution in [0.2, 0.25) is 0 Å². The van der Waals surface area contributed by atoms with E-state index in [2.05, 4.69) is 14.7 Å². The van der Waals surface area contributed by atoms with Gasteiger partial charge < -0.3 is 14.4 Å². The molecular weight excluding hydrogens is 232 g/mol. The van der Waals surface area contributed by atoms with Gasteiger partial charge in [-0.2, -0.15) is 0 Å². The van der Waals surface area contributed by atoms with Crippen molar-refractivity contribution >= 4 is 17.3 Å². The lowest BCUT2D eigenvalue weighted by molar-refractivity contribution is 0.0652. The minimum Gasteiger partial charge on any atom is -0.475 e. The number of carboxylic acid groups (broad SMARTS) is 1. The summed E-state index contributed by atoms with van der Waals surface area (Å²) in [6.45, 7) is 0.425. The third-order valence-corrected chi connectivity index (χ3v) is 2.63. The topological polar surface area (TPSA) is 85.5 Å². The number of hydrogen-bond acceptors (Lipinski definition) is 6. The fraction of sp³-hybridized carbons (Fsp3) is 0.222. The summed E-state index contributed by atoms with van der Waals surface area (Å²) in [7, 11) is 1.58. The molecule has 0 spiro atoms. The van der Waals surface area contributed by atoms with Gasteiger partial charge in [0, 0.05) is 18.6 Å². The fourth-order valence-electron chi connectivity index (χ4n) is 1.12. The first-order valence-corrected chi connectivity index (χ1v) is 5.22. The lowest BCUT2D eigenvalue weighted by Gasteiger charge is -1.89. The Morgan fingerprint density at radius 2 is 2.44 bits per heavy atom. The summed E-state index contributed by atoms with van der Waals surface area (Å²) in [5.74, 6) is -1.35. The van der Waals surface area contributed by atoms with E-state index in [0.29, 0.717) is 18.0 Å². The highest BCUT2D eigenvalue weighted by molar-refractivity contribution is 7.09. The summed E-state index contributed by atoms with van der Waals surface area (Å²) in [4.78, 5) is 14.8. The maximum absolute atomic E-state index is 10.6. The van der Waals surface area contributed by atoms with E-state index in [-0.39, 0.29) is 5.76 Å². The third kappa shape index (κ3) is 2.10. The van der Waals surface area contributed by atoms with Crippen LogP contribution in [0.3, 0.4) is 0 Å². The summed E-state index contributed by atoms with van der Waals surface area (Å²) in [5.41, 5.74) is 1.00. The molecule has 0 saturated carbocycles. The molecule has 0 fully saturated rings. The molecule has 2 rings (SSSR count). The minimum atomic E-state index is -1.15. The number of thiazole rings is 1. The van der Waals surface area contributed by atoms with Crippen molar-refractivity contribution in [1.29, 1.82) is 0 Å². The van der Waals surface area contributed by atoms with Crippen LogP contribution in [0.5, 0.6) is 0 Å². The molecule has 0 aromatic carbocycles. The second-order valence-corrected chi connectivity index (χ2v) is 3.88. The summed E-state index contributed by atoms with van der Waals surface area (Å²) < 4.78 is 9.56. The summed E-state index contributed by atoms with van der Waals surface area (Å²) in [6, 6.07) is 1.34. The summed E-state index contributed by atoms with van der Waals surface area (Å²) in [5, 5.41) is 14.9. The van der Waals surface area contributed by atoms with Crippen molar-refractivity contribution in [2.45, 2.75) is 6.61 Å². The smallest absolute Gasteiger partial charge is 0.374 e. The van der Waals surface area contributed by atoms with Crippen LogP contribution in [0.15, 0.2) is 16.0 Å². The lowest BCUT2D eigenvalue weighted by atomic mass is 10.3. The van der Waals surface area contributed by atoms with E-state index < -0.39 is 5.97 Å². The van der Waals surface area contributed by atoms with E-state index in [1.165, 1.54) is 17.4 Å². The minimum absolute atomic E-state index is 0.198. The number of rotatable bonds is 4. The van der Waals surface area contributed by atoms with Crippen molar-refractivity contribution in [1.82, 2.24) is 10.1 Å². The Hall–Kier alpha value is -1.73. The van der Waals surface area contributed by atoms with Gasteiger partial charge in [-0.05, 0) is 0 Å². The Kier molecular flexibility index (Phi) is 2.97. The zero-order valence-electron chi connectivity index (χ0n) is 8.34. The first-order chi connectivity index (χ1) is 7.70. The number of methoxy groups -OCH3 is 1. The number of nitrogens with zero attached hydrogens (tertiary/aromatic N) is 2. The molecule has 1 N–H and O–H groups in total. The standard InChI is InChI=1S/C9H8N2O4S/c1-14-3-8-10-6(4-16-8)5-2-7(9(12)13)15-11-5/h2,4H,3H2,1H3,(H,12,13). The molecule has 16 heavy (non-hydrogen) atoms. The van der Waals surface area contributed by atoms with Crippen molar-refractivity contribution in [2.24, 2.45) is 0 Å². The molecule has 0 aliphatic carbocycles. The van der Waals surface area contributed by atoms with Crippen LogP contribution in [0.4, 0.5) is 0 Å². The van der Waals surface area contributed by atoms with Crippen LogP contribution in [0.1, 0.15) is 15.6 Å². The normalized spacial score (nSPS) is 10.6. The van der Waals surface area contributed by atoms with Crippen LogP contribution < -0.4 is 0 Å². The zero-order valence-corrected chi connectivity index (χ0v) is 9.15. The van der Waals surface area contributed by atoms with Crippen LogP contribution >= 0.6 is 11.3 Å². The van der Waals surface area contributed by atoms with Gasteiger partial charge in [-0.3, -0.25) is 0 Å². The first-order valence-electron chi connectivity index (χ1n) is 4.34. The molecule has 0 aliphatic rings. The number of aromatic carboxylic acids is 1. The van der Waals surface area contributed by atoms with Crippen LogP contribution in [0.25, 0.3) is 11.4 Å². The molecular formula is C9H8N2O4S. The zero-order chi connectivity index (χ0) is 11.5. The van der Waals surface area contributed by atoms with Gasteiger partial charge in [0.25, 0.3) is 0 Å². The first kappa shape index (κ1) is 10.8. The van der Waals surface area contributed by atoms with Crippen molar-refractivity contribution < 1.29 is 19.2 Å². The molecule has 0 unspecified atom stereocenters. The van der Waals surface area contributed by atoms with E-state index in [1.807, 2.05) is 0 Å². The highest BCUT2D eigenvalue weighted by Gasteiger charge is 2.14. The lowest BCUT2D eigenvalue weighted by Crippen LogP contribution is -1.91. The molecule has 2 aromatic heterocycles. The summed E-state index contributed by atoms with van der Waals surface area (Å²) in [6.07, 6.45) is 0. The molecule has 0 amide bonds. The number of aromatic nitrogens is 2. The van der Waals surface area contributed by atoms with Crippen LogP contribution in [0, 0.1) is 0 Å². The van der Waals surface area contributed by atoms with E-state index >= 15 is 0 Å². The predicted octanol–water partition coefficient (Wildman–Crippen LogP) is 1.64. The Morgan fingerprint density at radius 1 is 1.62 bits per heavy atom. The van der Waals surface area contributed by atoms with E-state index in [0.717, 1.165) is 5.01 Å². The second kappa shape index (κ2) is 4.42. The van der Waals surface area contributed by atoms with Gasteiger partial charge in [-0.15, -0.1) is 11.3 Å². The Morgan fingerprint density at radius 3 is 3.06 bits per heavy atom. The molecule has 0 radical (unpaired) electrons. The highest BCUT2D eigenvalue weighted by Crippen LogP contribution is 2.21. The monoisotopic (exact) mass is 240 g/mol. The summed E-state index contributed by atoms with van der Waals surface area (Å²) >= 11 is 1.42. The van der Waals surface area contributed by atoms with Gasteiger partial charge in [-0.1, -0.05) is 5.16 Å². The third-order valence-electron chi connectivity index (χ3n) is 1.80. The van der Waals surface area contributed by atoms with Crippen molar-refractivity contribution in [3.05, 3.63) is 22.2 Å². The quantitative estimate of drug-likeness (QED) is 0.874.